The van der Waals surface area contributed by atoms with E-state index in [-0.39, 0.29) is 6.61 Å². The Hall–Kier alpha value is -0.120. The molecule has 6 heavy (non-hydrogen) atoms. The number of aliphatic hydroxyl groups is 1. The lowest BCUT2D eigenvalue weighted by Crippen LogP contribution is -2.24. The molecule has 1 atom stereocenters. The topological polar surface area (TPSA) is 55.5 Å². The molecule has 0 spiro atoms. The highest BCUT2D eigenvalue weighted by atomic mass is 16.5. The summed E-state index contributed by atoms with van der Waals surface area (Å²) in [5.41, 5.74) is 4.83. The third-order valence-corrected chi connectivity index (χ3v) is 0.337. The molecule has 38 valence electrons. The van der Waals surface area contributed by atoms with Gasteiger partial charge >= 0.3 is 0 Å². The summed E-state index contributed by atoms with van der Waals surface area (Å²) in [6.45, 7) is 0.208. The van der Waals surface area contributed by atoms with Gasteiger partial charge in [0, 0.05) is 7.11 Å². The van der Waals surface area contributed by atoms with Crippen LogP contribution in [0.15, 0.2) is 0 Å². The van der Waals surface area contributed by atoms with E-state index in [1.54, 1.807) is 0 Å². The van der Waals surface area contributed by atoms with Crippen LogP contribution in [-0.4, -0.2) is 25.1 Å². The van der Waals surface area contributed by atoms with Crippen molar-refractivity contribution >= 4 is 0 Å². The van der Waals surface area contributed by atoms with Crippen LogP contribution in [0.25, 0.3) is 0 Å². The summed E-state index contributed by atoms with van der Waals surface area (Å²) in [5.74, 6) is 0. The van der Waals surface area contributed by atoms with Gasteiger partial charge in [0.1, 0.15) is 6.23 Å². The van der Waals surface area contributed by atoms with Crippen LogP contribution in [0.2, 0.25) is 0 Å². The van der Waals surface area contributed by atoms with Crippen molar-refractivity contribution in [1.29, 1.82) is 0 Å². The lowest BCUT2D eigenvalue weighted by atomic mass is 10.7. The molecular weight excluding hydrogens is 82.0 g/mol. The van der Waals surface area contributed by atoms with Crippen molar-refractivity contribution in [3.05, 3.63) is 0 Å². The van der Waals surface area contributed by atoms with E-state index in [2.05, 4.69) is 4.74 Å². The third-order valence-electron chi connectivity index (χ3n) is 0.337. The largest absolute Gasteiger partial charge is 0.381 e. The van der Waals surface area contributed by atoms with Crippen LogP contribution in [0.4, 0.5) is 0 Å². The maximum atomic E-state index is 8.21. The molecule has 3 heteroatoms. The Labute approximate surface area is 36.7 Å². The summed E-state index contributed by atoms with van der Waals surface area (Å²) in [6, 6.07) is 0. The summed E-state index contributed by atoms with van der Waals surface area (Å²) >= 11 is 0. The van der Waals surface area contributed by atoms with E-state index in [0.29, 0.717) is 0 Å². The number of methoxy groups -OCH3 is 1. The van der Waals surface area contributed by atoms with Crippen molar-refractivity contribution in [3.63, 3.8) is 0 Å². The number of ether oxygens (including phenoxy) is 1. The zero-order valence-corrected chi connectivity index (χ0v) is 3.72. The van der Waals surface area contributed by atoms with Gasteiger partial charge in [0.05, 0.1) is 6.61 Å². The van der Waals surface area contributed by atoms with E-state index >= 15 is 0 Å². The van der Waals surface area contributed by atoms with Crippen molar-refractivity contribution in [2.75, 3.05) is 13.7 Å². The smallest absolute Gasteiger partial charge is 0.126 e. The Bertz CT molecular complexity index is 30.0. The zero-order chi connectivity index (χ0) is 4.99. The summed E-state index contributed by atoms with van der Waals surface area (Å²) in [6.07, 6.45) is -0.824. The summed E-state index contributed by atoms with van der Waals surface area (Å²) in [7, 11) is 1.48. The predicted octanol–water partition coefficient (Wildman–Crippen LogP) is -1.09. The quantitative estimate of drug-likeness (QED) is 0.424. The molecule has 0 heterocycles. The van der Waals surface area contributed by atoms with E-state index in [4.69, 9.17) is 10.8 Å². The lowest BCUT2D eigenvalue weighted by Gasteiger charge is -1.97. The second-order valence-electron chi connectivity index (χ2n) is 1.02. The minimum absolute atomic E-state index is 0.208. The SMILES string of the molecule is COCC(N)O. The number of rotatable bonds is 2. The molecule has 3 N–H and O–H groups in total. The molecule has 1 unspecified atom stereocenters. The number of hydrogen-bond acceptors (Lipinski definition) is 3. The Morgan fingerprint density at radius 2 is 2.50 bits per heavy atom. The predicted molar refractivity (Wildman–Crippen MR) is 22.1 cm³/mol. The van der Waals surface area contributed by atoms with Crippen molar-refractivity contribution in [2.45, 2.75) is 6.23 Å². The molecule has 0 saturated heterocycles. The van der Waals surface area contributed by atoms with Crippen molar-refractivity contribution in [1.82, 2.24) is 0 Å². The van der Waals surface area contributed by atoms with Crippen molar-refractivity contribution in [2.24, 2.45) is 5.73 Å². The van der Waals surface area contributed by atoms with Gasteiger partial charge in [-0.15, -0.1) is 0 Å². The first-order valence-electron chi connectivity index (χ1n) is 1.70. The zero-order valence-electron chi connectivity index (χ0n) is 3.72. The number of nitrogens with two attached hydrogens (primary N) is 1. The first-order valence-corrected chi connectivity index (χ1v) is 1.70. The minimum Gasteiger partial charge on any atom is -0.381 e. The molecule has 0 fully saturated rings. The van der Waals surface area contributed by atoms with Crippen LogP contribution in [0.1, 0.15) is 0 Å². The van der Waals surface area contributed by atoms with Gasteiger partial charge in [-0.25, -0.2) is 0 Å². The van der Waals surface area contributed by atoms with Gasteiger partial charge < -0.3 is 15.6 Å². The summed E-state index contributed by atoms with van der Waals surface area (Å²) in [5, 5.41) is 8.21. The molecule has 0 rings (SSSR count). The minimum atomic E-state index is -0.824. The van der Waals surface area contributed by atoms with Crippen molar-refractivity contribution in [3.8, 4) is 0 Å². The van der Waals surface area contributed by atoms with E-state index in [9.17, 15) is 0 Å². The summed E-state index contributed by atoms with van der Waals surface area (Å²) in [4.78, 5) is 0. The standard InChI is InChI=1S/C3H9NO2/c1-6-2-3(4)5/h3,5H,2,4H2,1H3. The molecule has 0 amide bonds. The number of hydrogen-bond donors (Lipinski definition) is 2. The highest BCUT2D eigenvalue weighted by Crippen LogP contribution is 1.66. The van der Waals surface area contributed by atoms with Gasteiger partial charge in [0.2, 0.25) is 0 Å². The van der Waals surface area contributed by atoms with Gasteiger partial charge in [-0.05, 0) is 0 Å². The molecule has 0 aliphatic carbocycles. The molecular formula is C3H9NO2. The average Bonchev–Trinajstić information content (AvgIpc) is 1.35. The highest BCUT2D eigenvalue weighted by Gasteiger charge is 1.87. The molecule has 0 aromatic heterocycles. The first kappa shape index (κ1) is 5.88. The Balaban J connectivity index is 2.63. The van der Waals surface area contributed by atoms with E-state index in [0.717, 1.165) is 0 Å². The van der Waals surface area contributed by atoms with Gasteiger partial charge in [-0.3, -0.25) is 0 Å². The molecule has 0 aromatic carbocycles. The molecule has 0 saturated carbocycles. The first-order chi connectivity index (χ1) is 2.77. The Morgan fingerprint density at radius 1 is 2.00 bits per heavy atom. The second-order valence-corrected chi connectivity index (χ2v) is 1.02. The van der Waals surface area contributed by atoms with Crippen LogP contribution in [0, 0.1) is 0 Å². The van der Waals surface area contributed by atoms with Crippen LogP contribution in [0.3, 0.4) is 0 Å². The molecule has 0 aliphatic heterocycles. The molecule has 0 aromatic rings. The van der Waals surface area contributed by atoms with Gasteiger partial charge in [0.15, 0.2) is 0 Å². The monoisotopic (exact) mass is 91.1 g/mol. The van der Waals surface area contributed by atoms with Gasteiger partial charge in [-0.1, -0.05) is 0 Å². The number of aliphatic hydroxyl groups excluding tert-OH is 1. The van der Waals surface area contributed by atoms with E-state index in [1.165, 1.54) is 7.11 Å². The molecule has 3 nitrogen and oxygen atoms in total. The van der Waals surface area contributed by atoms with Crippen LogP contribution >= 0.6 is 0 Å². The molecule has 0 aliphatic rings. The lowest BCUT2D eigenvalue weighted by molar-refractivity contribution is 0.0690. The van der Waals surface area contributed by atoms with Crippen LogP contribution < -0.4 is 5.73 Å². The van der Waals surface area contributed by atoms with Gasteiger partial charge in [-0.2, -0.15) is 0 Å². The van der Waals surface area contributed by atoms with Gasteiger partial charge in [0.25, 0.3) is 0 Å². The second kappa shape index (κ2) is 3.08. The maximum absolute atomic E-state index is 8.21. The van der Waals surface area contributed by atoms with E-state index in [1.807, 2.05) is 0 Å². The fourth-order valence-electron chi connectivity index (χ4n) is 0.171. The van der Waals surface area contributed by atoms with Crippen LogP contribution in [0.5, 0.6) is 0 Å². The van der Waals surface area contributed by atoms with E-state index < -0.39 is 6.23 Å². The Morgan fingerprint density at radius 3 is 2.50 bits per heavy atom. The van der Waals surface area contributed by atoms with Crippen LogP contribution in [-0.2, 0) is 4.74 Å². The average molecular weight is 91.1 g/mol. The normalized spacial score (nSPS) is 14.5. The highest BCUT2D eigenvalue weighted by molar-refractivity contribution is 4.34. The summed E-state index contributed by atoms with van der Waals surface area (Å²) < 4.78 is 4.43. The fraction of sp³-hybridized carbons (Fsp3) is 1.00. The third kappa shape index (κ3) is 3.88. The Kier molecular flexibility index (Phi) is 3.02. The molecule has 0 radical (unpaired) electrons. The fourth-order valence-corrected chi connectivity index (χ4v) is 0.171. The molecule has 0 bridgehead atoms. The van der Waals surface area contributed by atoms with Crippen molar-refractivity contribution < 1.29 is 9.84 Å². The maximum Gasteiger partial charge on any atom is 0.126 e.